The molecule has 0 radical (unpaired) electrons. The zero-order valence-corrected chi connectivity index (χ0v) is 34.6. The lowest BCUT2D eigenvalue weighted by molar-refractivity contribution is -0.0366. The summed E-state index contributed by atoms with van der Waals surface area (Å²) < 4.78 is 56.4. The van der Waals surface area contributed by atoms with Crippen molar-refractivity contribution < 1.29 is 17.6 Å². The summed E-state index contributed by atoms with van der Waals surface area (Å²) in [4.78, 5) is 17.7. The molecule has 5 N–H and O–H groups in total. The van der Waals surface area contributed by atoms with Gasteiger partial charge in [0.25, 0.3) is 11.9 Å². The quantitative estimate of drug-likeness (QED) is 0.100. The molecule has 57 heavy (non-hydrogen) atoms. The number of hydrogen-bond donors (Lipinski definition) is 4. The minimum absolute atomic E-state index is 0.00258. The van der Waals surface area contributed by atoms with E-state index >= 15 is 0 Å². The van der Waals surface area contributed by atoms with E-state index in [0.29, 0.717) is 72.1 Å². The second-order valence-corrected chi connectivity index (χ2v) is 18.3. The van der Waals surface area contributed by atoms with Gasteiger partial charge in [-0.1, -0.05) is 39.3 Å². The summed E-state index contributed by atoms with van der Waals surface area (Å²) in [7, 11) is 0. The molecule has 0 bridgehead atoms. The van der Waals surface area contributed by atoms with Crippen LogP contribution in [0.25, 0.3) is 11.9 Å². The SMILES string of the molecule is CC1(C)CC(N)C1.Cc1ccn(-c2nc(Cl)cc(NC3CCC(F)(F)CC3)n2)n1.Cc1ccn(-c2nc(NC3CCC(F)(F)CC3)cc(NC3CC(C)(C)C3)n2)n1. The summed E-state index contributed by atoms with van der Waals surface area (Å²) in [6.45, 7) is 12.8. The maximum absolute atomic E-state index is 13.4. The van der Waals surface area contributed by atoms with Gasteiger partial charge < -0.3 is 21.7 Å². The highest BCUT2D eigenvalue weighted by molar-refractivity contribution is 6.29. The van der Waals surface area contributed by atoms with Crippen LogP contribution < -0.4 is 21.7 Å². The Morgan fingerprint density at radius 1 is 0.614 bits per heavy atom. The maximum atomic E-state index is 13.4. The lowest BCUT2D eigenvalue weighted by Gasteiger charge is -2.43. The zero-order valence-electron chi connectivity index (χ0n) is 33.8. The molecule has 312 valence electrons. The molecule has 4 aliphatic carbocycles. The molecule has 0 saturated heterocycles. The van der Waals surface area contributed by atoms with Gasteiger partial charge in [-0.15, -0.1) is 0 Å². The minimum atomic E-state index is -2.54. The van der Waals surface area contributed by atoms with Crippen LogP contribution in [-0.2, 0) is 0 Å². The van der Waals surface area contributed by atoms with Crippen LogP contribution >= 0.6 is 11.6 Å². The van der Waals surface area contributed by atoms with Crippen molar-refractivity contribution in [3.8, 4) is 11.9 Å². The highest BCUT2D eigenvalue weighted by Gasteiger charge is 2.38. The number of aryl methyl sites for hydroxylation is 2. The number of alkyl halides is 4. The zero-order chi connectivity index (χ0) is 41.2. The Bertz CT molecular complexity index is 1930. The largest absolute Gasteiger partial charge is 0.367 e. The Kier molecular flexibility index (Phi) is 12.7. The highest BCUT2D eigenvalue weighted by atomic mass is 35.5. The molecule has 4 saturated carbocycles. The Morgan fingerprint density at radius 3 is 1.35 bits per heavy atom. The van der Waals surface area contributed by atoms with E-state index in [4.69, 9.17) is 17.3 Å². The summed E-state index contributed by atoms with van der Waals surface area (Å²) >= 11 is 6.02. The molecule has 0 spiro atoms. The lowest BCUT2D eigenvalue weighted by Crippen LogP contribution is -2.41. The molecule has 4 aromatic rings. The molecule has 4 fully saturated rings. The third-order valence-electron chi connectivity index (χ3n) is 11.0. The molecule has 0 aliphatic heterocycles. The van der Waals surface area contributed by atoms with E-state index in [2.05, 4.69) is 73.8 Å². The maximum Gasteiger partial charge on any atom is 0.254 e. The van der Waals surface area contributed by atoms with Gasteiger partial charge in [0.05, 0.1) is 11.4 Å². The molecular formula is C40H57ClF4N12. The van der Waals surface area contributed by atoms with E-state index in [9.17, 15) is 17.6 Å². The Hall–Kier alpha value is -4.05. The van der Waals surface area contributed by atoms with Crippen LogP contribution in [0.3, 0.4) is 0 Å². The first-order valence-electron chi connectivity index (χ1n) is 20.0. The van der Waals surface area contributed by atoms with Crippen LogP contribution in [-0.4, -0.2) is 75.5 Å². The number of nitrogens with one attached hydrogen (secondary N) is 3. The van der Waals surface area contributed by atoms with Crippen LogP contribution in [0.4, 0.5) is 35.0 Å². The predicted octanol–water partition coefficient (Wildman–Crippen LogP) is 9.31. The second kappa shape index (κ2) is 17.0. The van der Waals surface area contributed by atoms with Crippen LogP contribution in [0.5, 0.6) is 0 Å². The van der Waals surface area contributed by atoms with Crippen molar-refractivity contribution in [1.29, 1.82) is 0 Å². The van der Waals surface area contributed by atoms with Crippen molar-refractivity contribution in [3.05, 3.63) is 53.2 Å². The molecule has 12 nitrogen and oxygen atoms in total. The molecule has 4 aliphatic rings. The molecule has 0 amide bonds. The second-order valence-electron chi connectivity index (χ2n) is 17.9. The third kappa shape index (κ3) is 12.5. The fraction of sp³-hybridized carbons (Fsp3) is 0.650. The van der Waals surface area contributed by atoms with E-state index in [0.717, 1.165) is 30.0 Å². The first-order valence-corrected chi connectivity index (χ1v) is 20.4. The smallest absolute Gasteiger partial charge is 0.254 e. The van der Waals surface area contributed by atoms with Crippen molar-refractivity contribution in [2.45, 2.75) is 155 Å². The topological polar surface area (TPSA) is 149 Å². The average Bonchev–Trinajstić information content (AvgIpc) is 3.73. The molecule has 4 heterocycles. The first-order chi connectivity index (χ1) is 26.7. The average molecular weight is 817 g/mol. The van der Waals surface area contributed by atoms with Crippen LogP contribution in [0.15, 0.2) is 36.7 Å². The van der Waals surface area contributed by atoms with Crippen molar-refractivity contribution in [3.63, 3.8) is 0 Å². The number of hydrogen-bond acceptors (Lipinski definition) is 10. The van der Waals surface area contributed by atoms with E-state index in [1.54, 1.807) is 16.9 Å². The molecule has 0 aromatic carbocycles. The highest BCUT2D eigenvalue weighted by Crippen LogP contribution is 2.42. The fourth-order valence-electron chi connectivity index (χ4n) is 8.05. The Labute approximate surface area is 337 Å². The van der Waals surface area contributed by atoms with Crippen molar-refractivity contribution >= 4 is 29.1 Å². The molecule has 0 unspecified atom stereocenters. The number of nitrogens with two attached hydrogens (primary N) is 1. The van der Waals surface area contributed by atoms with Gasteiger partial charge in [0.1, 0.15) is 22.6 Å². The van der Waals surface area contributed by atoms with Gasteiger partial charge in [-0.2, -0.15) is 30.1 Å². The van der Waals surface area contributed by atoms with E-state index in [1.807, 2.05) is 38.2 Å². The summed E-state index contributed by atoms with van der Waals surface area (Å²) in [5.41, 5.74) is 8.21. The Morgan fingerprint density at radius 2 is 1.00 bits per heavy atom. The number of anilines is 3. The van der Waals surface area contributed by atoms with E-state index in [1.165, 1.54) is 17.5 Å². The standard InChI is InChI=1S/C20H28F2N6.C14H16ClF2N5.C6H13N/c1-13-6-9-28(27-13)18-25-16(23-14-4-7-20(21,22)8-5-14)10-17(26-18)24-15-11-19(2,3)12-15;1-9-4-7-22(21-9)13-19-11(15)8-12(20-13)18-10-2-5-14(16,17)6-3-10;1-6(2)3-5(7)4-6/h6,9-10,14-15H,4-5,7-8,11-12H2,1-3H3,(H2,23,24,25,26);4,7-8,10H,2-3,5-6H2,1H3,(H,18,19,20);5H,3-4,7H2,1-2H3. The minimum Gasteiger partial charge on any atom is -0.367 e. The summed E-state index contributed by atoms with van der Waals surface area (Å²) in [6, 6.07) is 8.06. The van der Waals surface area contributed by atoms with Gasteiger partial charge in [0.2, 0.25) is 11.8 Å². The van der Waals surface area contributed by atoms with Gasteiger partial charge in [0, 0.05) is 74.4 Å². The number of aromatic nitrogens is 8. The third-order valence-corrected chi connectivity index (χ3v) is 11.2. The normalized spacial score (nSPS) is 21.5. The van der Waals surface area contributed by atoms with Crippen LogP contribution in [0, 0.1) is 24.7 Å². The van der Waals surface area contributed by atoms with Gasteiger partial charge in [-0.05, 0) is 88.2 Å². The molecule has 8 rings (SSSR count). The number of rotatable bonds is 8. The summed E-state index contributed by atoms with van der Waals surface area (Å²) in [5, 5.41) is 18.9. The predicted molar refractivity (Wildman–Crippen MR) is 216 cm³/mol. The van der Waals surface area contributed by atoms with Crippen molar-refractivity contribution in [2.75, 3.05) is 16.0 Å². The van der Waals surface area contributed by atoms with E-state index in [-0.39, 0.29) is 42.9 Å². The van der Waals surface area contributed by atoms with Gasteiger partial charge in [-0.25, -0.2) is 26.9 Å². The first kappa shape index (κ1) is 42.6. The Balaban J connectivity index is 0.000000168. The monoisotopic (exact) mass is 816 g/mol. The van der Waals surface area contributed by atoms with Crippen molar-refractivity contribution in [2.24, 2.45) is 16.6 Å². The van der Waals surface area contributed by atoms with Crippen molar-refractivity contribution in [1.82, 2.24) is 39.5 Å². The van der Waals surface area contributed by atoms with Crippen LogP contribution in [0.2, 0.25) is 5.15 Å². The van der Waals surface area contributed by atoms with E-state index < -0.39 is 11.8 Å². The summed E-state index contributed by atoms with van der Waals surface area (Å²) in [6.07, 6.45) is 9.50. The molecule has 17 heteroatoms. The van der Waals surface area contributed by atoms with Gasteiger partial charge in [-0.3, -0.25) is 0 Å². The summed E-state index contributed by atoms with van der Waals surface area (Å²) in [5.74, 6) is -2.34. The van der Waals surface area contributed by atoms with Gasteiger partial charge in [0.15, 0.2) is 0 Å². The molecule has 4 aromatic heterocycles. The van der Waals surface area contributed by atoms with Crippen LogP contribution in [0.1, 0.15) is 116 Å². The molecular weight excluding hydrogens is 760 g/mol. The fourth-order valence-corrected chi connectivity index (χ4v) is 8.23. The molecule has 0 atom stereocenters. The lowest BCUT2D eigenvalue weighted by atomic mass is 9.68. The number of halogens is 5. The van der Waals surface area contributed by atoms with Gasteiger partial charge >= 0.3 is 0 Å². The number of nitrogens with zero attached hydrogens (tertiary/aromatic N) is 8.